The van der Waals surface area contributed by atoms with Crippen molar-refractivity contribution in [1.82, 2.24) is 0 Å². The second-order valence-corrected chi connectivity index (χ2v) is 4.13. The van der Waals surface area contributed by atoms with Gasteiger partial charge in [-0.2, -0.15) is 0 Å². The van der Waals surface area contributed by atoms with Gasteiger partial charge in [0, 0.05) is 19.3 Å². The van der Waals surface area contributed by atoms with Crippen LogP contribution in [0.5, 0.6) is 0 Å². The standard InChI is InChI=1S/C11H23NO/c1-2-13-8-4-6-10-5-3-7-11(12)9-10/h10-11H,2-9,12H2,1H3. The molecule has 2 nitrogen and oxygen atoms in total. The van der Waals surface area contributed by atoms with Crippen LogP contribution in [-0.4, -0.2) is 19.3 Å². The van der Waals surface area contributed by atoms with Gasteiger partial charge in [0.05, 0.1) is 0 Å². The lowest BCUT2D eigenvalue weighted by Crippen LogP contribution is -2.27. The SMILES string of the molecule is CCOCCCC1CCCC(N)C1. The molecular weight excluding hydrogens is 162 g/mol. The van der Waals surface area contributed by atoms with Crippen molar-refractivity contribution in [3.63, 3.8) is 0 Å². The summed E-state index contributed by atoms with van der Waals surface area (Å²) in [5.41, 5.74) is 5.92. The molecule has 2 heteroatoms. The molecule has 78 valence electrons. The zero-order valence-corrected chi connectivity index (χ0v) is 8.80. The van der Waals surface area contributed by atoms with Crippen molar-refractivity contribution in [1.29, 1.82) is 0 Å². The fourth-order valence-corrected chi connectivity index (χ4v) is 2.21. The largest absolute Gasteiger partial charge is 0.382 e. The van der Waals surface area contributed by atoms with Gasteiger partial charge in [-0.1, -0.05) is 12.8 Å². The van der Waals surface area contributed by atoms with Crippen molar-refractivity contribution < 1.29 is 4.74 Å². The van der Waals surface area contributed by atoms with Gasteiger partial charge in [-0.3, -0.25) is 0 Å². The van der Waals surface area contributed by atoms with Gasteiger partial charge in [-0.15, -0.1) is 0 Å². The summed E-state index contributed by atoms with van der Waals surface area (Å²) >= 11 is 0. The maximum absolute atomic E-state index is 5.92. The molecule has 0 spiro atoms. The van der Waals surface area contributed by atoms with Gasteiger partial charge in [0.25, 0.3) is 0 Å². The first-order valence-electron chi connectivity index (χ1n) is 5.66. The van der Waals surface area contributed by atoms with Crippen LogP contribution >= 0.6 is 0 Å². The Labute approximate surface area is 81.8 Å². The maximum atomic E-state index is 5.92. The van der Waals surface area contributed by atoms with Crippen molar-refractivity contribution in [2.75, 3.05) is 13.2 Å². The molecule has 1 aliphatic rings. The van der Waals surface area contributed by atoms with Crippen LogP contribution in [-0.2, 0) is 4.74 Å². The van der Waals surface area contributed by atoms with Gasteiger partial charge >= 0.3 is 0 Å². The highest BCUT2D eigenvalue weighted by molar-refractivity contribution is 4.74. The Morgan fingerprint density at radius 3 is 2.92 bits per heavy atom. The van der Waals surface area contributed by atoms with E-state index in [-0.39, 0.29) is 0 Å². The summed E-state index contributed by atoms with van der Waals surface area (Å²) in [5.74, 6) is 0.879. The van der Waals surface area contributed by atoms with Crippen molar-refractivity contribution in [2.24, 2.45) is 11.7 Å². The fourth-order valence-electron chi connectivity index (χ4n) is 2.21. The molecule has 0 aliphatic heterocycles. The second kappa shape index (κ2) is 6.39. The van der Waals surface area contributed by atoms with Crippen molar-refractivity contribution in [3.8, 4) is 0 Å². The van der Waals surface area contributed by atoms with E-state index < -0.39 is 0 Å². The molecule has 0 bridgehead atoms. The number of ether oxygens (including phenoxy) is 1. The molecule has 0 aromatic rings. The Morgan fingerprint density at radius 1 is 1.38 bits per heavy atom. The lowest BCUT2D eigenvalue weighted by Gasteiger charge is -2.26. The average Bonchev–Trinajstić information content (AvgIpc) is 2.13. The van der Waals surface area contributed by atoms with E-state index in [0.717, 1.165) is 19.1 Å². The van der Waals surface area contributed by atoms with Crippen LogP contribution in [0.2, 0.25) is 0 Å². The Hall–Kier alpha value is -0.0800. The predicted molar refractivity (Wildman–Crippen MR) is 55.7 cm³/mol. The van der Waals surface area contributed by atoms with Crippen LogP contribution in [0.15, 0.2) is 0 Å². The Bertz CT molecular complexity index is 127. The van der Waals surface area contributed by atoms with Crippen LogP contribution < -0.4 is 5.73 Å². The molecule has 0 radical (unpaired) electrons. The third kappa shape index (κ3) is 4.63. The van der Waals surface area contributed by atoms with Crippen LogP contribution in [0.3, 0.4) is 0 Å². The smallest absolute Gasteiger partial charge is 0.0465 e. The topological polar surface area (TPSA) is 35.2 Å². The van der Waals surface area contributed by atoms with E-state index in [1.54, 1.807) is 0 Å². The molecule has 0 heterocycles. The van der Waals surface area contributed by atoms with E-state index in [0.29, 0.717) is 6.04 Å². The van der Waals surface area contributed by atoms with Crippen LogP contribution in [0.1, 0.15) is 45.4 Å². The zero-order chi connectivity index (χ0) is 9.52. The molecule has 0 amide bonds. The van der Waals surface area contributed by atoms with Gasteiger partial charge in [-0.05, 0) is 38.5 Å². The molecule has 0 aromatic carbocycles. The third-order valence-corrected chi connectivity index (χ3v) is 2.93. The minimum atomic E-state index is 0.478. The van der Waals surface area contributed by atoms with Crippen LogP contribution in [0.4, 0.5) is 0 Å². The summed E-state index contributed by atoms with van der Waals surface area (Å²) in [5, 5.41) is 0. The molecule has 1 rings (SSSR count). The third-order valence-electron chi connectivity index (χ3n) is 2.93. The van der Waals surface area contributed by atoms with Gasteiger partial charge in [0.1, 0.15) is 0 Å². The van der Waals surface area contributed by atoms with Crippen molar-refractivity contribution in [3.05, 3.63) is 0 Å². The molecule has 2 atom stereocenters. The zero-order valence-electron chi connectivity index (χ0n) is 8.80. The van der Waals surface area contributed by atoms with Gasteiger partial charge in [0.15, 0.2) is 0 Å². The van der Waals surface area contributed by atoms with Crippen molar-refractivity contribution >= 4 is 0 Å². The molecule has 13 heavy (non-hydrogen) atoms. The summed E-state index contributed by atoms with van der Waals surface area (Å²) in [7, 11) is 0. The quantitative estimate of drug-likeness (QED) is 0.667. The van der Waals surface area contributed by atoms with E-state index in [9.17, 15) is 0 Å². The first kappa shape index (κ1) is 11.0. The number of rotatable bonds is 5. The summed E-state index contributed by atoms with van der Waals surface area (Å²) < 4.78 is 5.32. The Morgan fingerprint density at radius 2 is 2.23 bits per heavy atom. The molecule has 0 saturated heterocycles. The monoisotopic (exact) mass is 185 g/mol. The number of nitrogens with two attached hydrogens (primary N) is 1. The first-order valence-corrected chi connectivity index (χ1v) is 5.66. The molecule has 1 saturated carbocycles. The van der Waals surface area contributed by atoms with Crippen LogP contribution in [0.25, 0.3) is 0 Å². The number of hydrogen-bond acceptors (Lipinski definition) is 2. The summed E-state index contributed by atoms with van der Waals surface area (Å²) in [6.45, 7) is 3.84. The summed E-state index contributed by atoms with van der Waals surface area (Å²) in [6.07, 6.45) is 7.73. The second-order valence-electron chi connectivity index (χ2n) is 4.13. The lowest BCUT2D eigenvalue weighted by molar-refractivity contribution is 0.136. The lowest BCUT2D eigenvalue weighted by atomic mass is 9.83. The minimum Gasteiger partial charge on any atom is -0.382 e. The predicted octanol–water partition coefficient (Wildman–Crippen LogP) is 2.32. The minimum absolute atomic E-state index is 0.478. The highest BCUT2D eigenvalue weighted by Gasteiger charge is 2.18. The fraction of sp³-hybridized carbons (Fsp3) is 1.00. The normalized spacial score (nSPS) is 29.1. The highest BCUT2D eigenvalue weighted by atomic mass is 16.5. The Kier molecular flexibility index (Phi) is 5.40. The van der Waals surface area contributed by atoms with E-state index in [4.69, 9.17) is 10.5 Å². The van der Waals surface area contributed by atoms with Gasteiger partial charge in [-0.25, -0.2) is 0 Å². The van der Waals surface area contributed by atoms with E-state index >= 15 is 0 Å². The van der Waals surface area contributed by atoms with E-state index in [1.807, 2.05) is 0 Å². The van der Waals surface area contributed by atoms with E-state index in [1.165, 1.54) is 38.5 Å². The maximum Gasteiger partial charge on any atom is 0.0465 e. The molecule has 2 N–H and O–H groups in total. The number of hydrogen-bond donors (Lipinski definition) is 1. The molecule has 1 aliphatic carbocycles. The first-order chi connectivity index (χ1) is 6.33. The summed E-state index contributed by atoms with van der Waals surface area (Å²) in [4.78, 5) is 0. The molecule has 1 fully saturated rings. The Balaban J connectivity index is 2.00. The van der Waals surface area contributed by atoms with Crippen LogP contribution in [0, 0.1) is 5.92 Å². The van der Waals surface area contributed by atoms with Crippen molar-refractivity contribution in [2.45, 2.75) is 51.5 Å². The summed E-state index contributed by atoms with van der Waals surface area (Å²) in [6, 6.07) is 0.478. The van der Waals surface area contributed by atoms with E-state index in [2.05, 4.69) is 6.92 Å². The molecule has 2 unspecified atom stereocenters. The average molecular weight is 185 g/mol. The highest BCUT2D eigenvalue weighted by Crippen LogP contribution is 2.26. The van der Waals surface area contributed by atoms with Gasteiger partial charge < -0.3 is 10.5 Å². The molecule has 0 aromatic heterocycles. The molecular formula is C11H23NO. The van der Waals surface area contributed by atoms with Gasteiger partial charge in [0.2, 0.25) is 0 Å².